The molecule has 0 spiro atoms. The molecule has 0 bridgehead atoms. The Hall–Kier alpha value is -0.830. The summed E-state index contributed by atoms with van der Waals surface area (Å²) in [5, 5.41) is 0. The molecule has 3 heteroatoms. The molecular formula is C4H8N2O. The summed E-state index contributed by atoms with van der Waals surface area (Å²) in [6.07, 6.45) is 4.50. The summed E-state index contributed by atoms with van der Waals surface area (Å²) in [7, 11) is 0. The van der Waals surface area contributed by atoms with E-state index in [1.54, 1.807) is 12.3 Å². The van der Waals surface area contributed by atoms with E-state index in [0.29, 0.717) is 0 Å². The van der Waals surface area contributed by atoms with Crippen LogP contribution in [-0.4, -0.2) is 6.40 Å². The first kappa shape index (κ1) is 6.17. The van der Waals surface area contributed by atoms with Crippen LogP contribution in [0.15, 0.2) is 17.3 Å². The Kier molecular flexibility index (Phi) is 4.56. The second kappa shape index (κ2) is 5.17. The lowest BCUT2D eigenvalue weighted by Gasteiger charge is -1.77. The highest BCUT2D eigenvalue weighted by Crippen LogP contribution is 1.67. The first-order valence-corrected chi connectivity index (χ1v) is 1.90. The Morgan fingerprint density at radius 3 is 2.86 bits per heavy atom. The molecule has 0 saturated heterocycles. The van der Waals surface area contributed by atoms with E-state index in [4.69, 9.17) is 0 Å². The van der Waals surface area contributed by atoms with Gasteiger partial charge >= 0.3 is 0 Å². The molecule has 0 radical (unpaired) electrons. The number of hydrogen-bond acceptors (Lipinski definition) is 3. The third-order valence-corrected chi connectivity index (χ3v) is 0.357. The Labute approximate surface area is 42.4 Å². The van der Waals surface area contributed by atoms with Gasteiger partial charge < -0.3 is 4.84 Å². The number of nitrogens with two attached hydrogens (primary N) is 1. The fraction of sp³-hybridized carbons (Fsp3) is 0.250. The van der Waals surface area contributed by atoms with E-state index in [1.807, 2.05) is 6.92 Å². The average Bonchev–Trinajstić information content (AvgIpc) is 1.69. The normalized spacial score (nSPS) is 11.1. The number of allylic oxidation sites excluding steroid dienone is 1. The summed E-state index contributed by atoms with van der Waals surface area (Å²) in [5.74, 6) is 4.59. The molecule has 0 aromatic heterocycles. The van der Waals surface area contributed by atoms with Crippen molar-refractivity contribution in [2.45, 2.75) is 6.92 Å². The molecular weight excluding hydrogens is 92.1 g/mol. The van der Waals surface area contributed by atoms with Crippen LogP contribution in [0.3, 0.4) is 0 Å². The molecule has 2 N–H and O–H groups in total. The van der Waals surface area contributed by atoms with Gasteiger partial charge in [0.1, 0.15) is 0 Å². The molecule has 7 heavy (non-hydrogen) atoms. The zero-order valence-corrected chi connectivity index (χ0v) is 4.16. The van der Waals surface area contributed by atoms with Crippen molar-refractivity contribution < 1.29 is 4.84 Å². The Bertz CT molecular complexity index is 77.8. The van der Waals surface area contributed by atoms with Gasteiger partial charge in [-0.3, -0.25) is 0 Å². The maximum Gasteiger partial charge on any atom is 0.200 e. The topological polar surface area (TPSA) is 47.6 Å². The van der Waals surface area contributed by atoms with Crippen LogP contribution in [0.5, 0.6) is 0 Å². The molecule has 0 aliphatic carbocycles. The molecule has 0 fully saturated rings. The summed E-state index contributed by atoms with van der Waals surface area (Å²) in [5.41, 5.74) is 0. The first-order valence-electron chi connectivity index (χ1n) is 1.90. The lowest BCUT2D eigenvalue weighted by molar-refractivity contribution is 0.338. The van der Waals surface area contributed by atoms with E-state index in [2.05, 4.69) is 15.7 Å². The van der Waals surface area contributed by atoms with E-state index < -0.39 is 0 Å². The van der Waals surface area contributed by atoms with Gasteiger partial charge in [-0.05, 0) is 6.92 Å². The first-order chi connectivity index (χ1) is 3.41. The number of rotatable bonds is 2. The van der Waals surface area contributed by atoms with Gasteiger partial charge in [0.15, 0.2) is 0 Å². The van der Waals surface area contributed by atoms with Crippen LogP contribution in [0.2, 0.25) is 0 Å². The van der Waals surface area contributed by atoms with E-state index in [0.717, 1.165) is 6.40 Å². The zero-order valence-electron chi connectivity index (χ0n) is 4.16. The fourth-order valence-corrected chi connectivity index (χ4v) is 0.156. The van der Waals surface area contributed by atoms with Crippen LogP contribution < -0.4 is 5.90 Å². The maximum atomic E-state index is 4.59. The van der Waals surface area contributed by atoms with Gasteiger partial charge in [0, 0.05) is 6.20 Å². The van der Waals surface area contributed by atoms with Gasteiger partial charge in [-0.25, -0.2) is 4.99 Å². The van der Waals surface area contributed by atoms with Crippen LogP contribution >= 0.6 is 0 Å². The van der Waals surface area contributed by atoms with Gasteiger partial charge in [0.05, 0.1) is 0 Å². The highest BCUT2D eigenvalue weighted by atomic mass is 16.6. The quantitative estimate of drug-likeness (QED) is 0.311. The van der Waals surface area contributed by atoms with Crippen molar-refractivity contribution in [1.29, 1.82) is 0 Å². The smallest absolute Gasteiger partial charge is 0.200 e. The van der Waals surface area contributed by atoms with E-state index >= 15 is 0 Å². The molecule has 0 aromatic rings. The zero-order chi connectivity index (χ0) is 5.54. The molecule has 0 atom stereocenters. The molecule has 0 unspecified atom stereocenters. The van der Waals surface area contributed by atoms with Gasteiger partial charge in [-0.2, -0.15) is 5.90 Å². The van der Waals surface area contributed by atoms with E-state index in [9.17, 15) is 0 Å². The average molecular weight is 100 g/mol. The van der Waals surface area contributed by atoms with Crippen LogP contribution in [0, 0.1) is 0 Å². The molecule has 0 rings (SSSR count). The van der Waals surface area contributed by atoms with Gasteiger partial charge in [-0.1, -0.05) is 6.08 Å². The standard InChI is InChI=1S/C4H8N2O/c1-2-3-6-4-7-5/h2-4H,5H2,1H3/b3-2+,6-4-. The molecule has 0 aromatic carbocycles. The lowest BCUT2D eigenvalue weighted by atomic mass is 10.7. The van der Waals surface area contributed by atoms with Crippen molar-refractivity contribution in [3.8, 4) is 0 Å². The second-order valence-corrected chi connectivity index (χ2v) is 0.873. The van der Waals surface area contributed by atoms with Crippen molar-refractivity contribution in [2.24, 2.45) is 10.9 Å². The highest BCUT2D eigenvalue weighted by molar-refractivity contribution is 5.46. The molecule has 0 aliphatic rings. The predicted octanol–water partition coefficient (Wildman–Crippen LogP) is 0.439. The summed E-state index contributed by atoms with van der Waals surface area (Å²) >= 11 is 0. The molecule has 3 nitrogen and oxygen atoms in total. The predicted molar refractivity (Wildman–Crippen MR) is 28.6 cm³/mol. The van der Waals surface area contributed by atoms with E-state index in [1.165, 1.54) is 0 Å². The lowest BCUT2D eigenvalue weighted by Crippen LogP contribution is -1.93. The summed E-state index contributed by atoms with van der Waals surface area (Å²) in [6, 6.07) is 0. The minimum Gasteiger partial charge on any atom is -0.399 e. The van der Waals surface area contributed by atoms with Crippen LogP contribution in [0.4, 0.5) is 0 Å². The largest absolute Gasteiger partial charge is 0.399 e. The Morgan fingerprint density at radius 2 is 2.43 bits per heavy atom. The van der Waals surface area contributed by atoms with Crippen molar-refractivity contribution in [1.82, 2.24) is 0 Å². The summed E-state index contributed by atoms with van der Waals surface area (Å²) in [6.45, 7) is 1.86. The summed E-state index contributed by atoms with van der Waals surface area (Å²) in [4.78, 5) is 7.56. The third-order valence-electron chi connectivity index (χ3n) is 0.357. The highest BCUT2D eigenvalue weighted by Gasteiger charge is 1.56. The number of hydrogen-bond donors (Lipinski definition) is 1. The molecule has 0 heterocycles. The third kappa shape index (κ3) is 5.17. The maximum absolute atomic E-state index is 4.59. The van der Waals surface area contributed by atoms with Crippen LogP contribution in [-0.2, 0) is 4.84 Å². The SMILES string of the molecule is C/C=C/N=C\ON. The molecule has 0 aliphatic heterocycles. The van der Waals surface area contributed by atoms with Gasteiger partial charge in [0.2, 0.25) is 6.40 Å². The Morgan fingerprint density at radius 1 is 1.71 bits per heavy atom. The van der Waals surface area contributed by atoms with Crippen LogP contribution in [0.25, 0.3) is 0 Å². The fourth-order valence-electron chi connectivity index (χ4n) is 0.156. The summed E-state index contributed by atoms with van der Waals surface area (Å²) < 4.78 is 0. The van der Waals surface area contributed by atoms with E-state index in [-0.39, 0.29) is 0 Å². The van der Waals surface area contributed by atoms with Gasteiger partial charge in [-0.15, -0.1) is 0 Å². The van der Waals surface area contributed by atoms with Crippen LogP contribution in [0.1, 0.15) is 6.92 Å². The number of aliphatic imine (C=N–C) groups is 1. The van der Waals surface area contributed by atoms with Crippen molar-refractivity contribution in [3.05, 3.63) is 12.3 Å². The van der Waals surface area contributed by atoms with Crippen molar-refractivity contribution >= 4 is 6.40 Å². The van der Waals surface area contributed by atoms with Gasteiger partial charge in [0.25, 0.3) is 0 Å². The minimum atomic E-state index is 1.15. The monoisotopic (exact) mass is 100 g/mol. The number of nitrogens with zero attached hydrogens (tertiary/aromatic N) is 1. The van der Waals surface area contributed by atoms with Crippen molar-refractivity contribution in [2.75, 3.05) is 0 Å². The Balaban J connectivity index is 3.09. The molecule has 0 amide bonds. The minimum absolute atomic E-state index is 1.15. The second-order valence-electron chi connectivity index (χ2n) is 0.873. The molecule has 0 saturated carbocycles. The van der Waals surface area contributed by atoms with Crippen molar-refractivity contribution in [3.63, 3.8) is 0 Å². The molecule has 40 valence electrons.